The first kappa shape index (κ1) is 33.3. The van der Waals surface area contributed by atoms with E-state index in [2.05, 4.69) is 59.2 Å². The standard InChI is InChI=1S/C39H46N2O4/c42-38(40-34-22-12-24-36(30-34)44-28-14-20-32-16-6-4-7-17-32)26-10-2-1-3-11-27-39(43)41-35-23-13-25-37(31-35)45-29-15-21-33-18-8-5-9-19-33/h4-9,12-13,16-19,22-25,30-31H,1-3,10-11,14-15,20-21,26-29H2,(H,40,42)(H,41,43). The third-order valence-electron chi connectivity index (χ3n) is 7.49. The lowest BCUT2D eigenvalue weighted by atomic mass is 10.1. The molecule has 45 heavy (non-hydrogen) atoms. The van der Waals surface area contributed by atoms with Crippen molar-refractivity contribution in [2.75, 3.05) is 23.8 Å². The van der Waals surface area contributed by atoms with E-state index in [1.165, 1.54) is 11.1 Å². The van der Waals surface area contributed by atoms with Gasteiger partial charge < -0.3 is 20.1 Å². The summed E-state index contributed by atoms with van der Waals surface area (Å²) in [6, 6.07) is 35.9. The quantitative estimate of drug-likeness (QED) is 0.0985. The Balaban J connectivity index is 1.01. The van der Waals surface area contributed by atoms with Gasteiger partial charge in [0.1, 0.15) is 11.5 Å². The molecule has 4 rings (SSSR count). The van der Waals surface area contributed by atoms with Crippen molar-refractivity contribution in [1.29, 1.82) is 0 Å². The minimum Gasteiger partial charge on any atom is -0.494 e. The van der Waals surface area contributed by atoms with E-state index >= 15 is 0 Å². The van der Waals surface area contributed by atoms with Crippen molar-refractivity contribution in [2.24, 2.45) is 0 Å². The van der Waals surface area contributed by atoms with Crippen molar-refractivity contribution in [2.45, 2.75) is 70.6 Å². The van der Waals surface area contributed by atoms with E-state index in [-0.39, 0.29) is 11.8 Å². The van der Waals surface area contributed by atoms with Crippen LogP contribution in [0.5, 0.6) is 11.5 Å². The molecule has 0 saturated heterocycles. The number of aryl methyl sites for hydroxylation is 2. The zero-order chi connectivity index (χ0) is 31.4. The van der Waals surface area contributed by atoms with E-state index in [1.807, 2.05) is 60.7 Å². The lowest BCUT2D eigenvalue weighted by Gasteiger charge is -2.10. The SMILES string of the molecule is O=C(CCCCCCCC(=O)Nc1cccc(OCCCc2ccccc2)c1)Nc1cccc(OCCCc2ccccc2)c1. The molecule has 6 heteroatoms. The number of ether oxygens (including phenoxy) is 2. The number of anilines is 2. The molecule has 4 aromatic carbocycles. The lowest BCUT2D eigenvalue weighted by Crippen LogP contribution is -2.11. The van der Waals surface area contributed by atoms with Crippen LogP contribution in [0.3, 0.4) is 0 Å². The van der Waals surface area contributed by atoms with Gasteiger partial charge in [-0.25, -0.2) is 0 Å². The van der Waals surface area contributed by atoms with Crippen molar-refractivity contribution < 1.29 is 19.1 Å². The number of amides is 2. The van der Waals surface area contributed by atoms with Crippen LogP contribution in [0, 0.1) is 0 Å². The first-order valence-electron chi connectivity index (χ1n) is 16.3. The first-order valence-corrected chi connectivity index (χ1v) is 16.3. The Bertz CT molecular complexity index is 1320. The molecule has 2 amide bonds. The predicted molar refractivity (Wildman–Crippen MR) is 183 cm³/mol. The molecule has 2 N–H and O–H groups in total. The summed E-state index contributed by atoms with van der Waals surface area (Å²) >= 11 is 0. The number of nitrogens with one attached hydrogen (secondary N) is 2. The molecule has 0 aliphatic carbocycles. The van der Waals surface area contributed by atoms with Gasteiger partial charge >= 0.3 is 0 Å². The van der Waals surface area contributed by atoms with E-state index < -0.39 is 0 Å². The minimum atomic E-state index is 0.0120. The normalized spacial score (nSPS) is 10.7. The van der Waals surface area contributed by atoms with Gasteiger partial charge in [0.15, 0.2) is 0 Å². The Labute approximate surface area is 268 Å². The Kier molecular flexibility index (Phi) is 14.5. The predicted octanol–water partition coefficient (Wildman–Crippen LogP) is 9.02. The summed E-state index contributed by atoms with van der Waals surface area (Å²) in [5, 5.41) is 5.97. The first-order chi connectivity index (χ1) is 22.1. The van der Waals surface area contributed by atoms with Gasteiger partial charge in [0.25, 0.3) is 0 Å². The van der Waals surface area contributed by atoms with Gasteiger partial charge in [-0.3, -0.25) is 9.59 Å². The average Bonchev–Trinajstić information content (AvgIpc) is 3.06. The van der Waals surface area contributed by atoms with Crippen LogP contribution in [0.15, 0.2) is 109 Å². The second kappa shape index (κ2) is 19.6. The Morgan fingerprint density at radius 1 is 0.467 bits per heavy atom. The van der Waals surface area contributed by atoms with E-state index in [0.29, 0.717) is 26.1 Å². The highest BCUT2D eigenvalue weighted by Crippen LogP contribution is 2.20. The Morgan fingerprint density at radius 2 is 0.889 bits per heavy atom. The van der Waals surface area contributed by atoms with E-state index in [4.69, 9.17) is 9.47 Å². The number of hydrogen-bond acceptors (Lipinski definition) is 4. The van der Waals surface area contributed by atoms with Crippen LogP contribution in [0.1, 0.15) is 68.9 Å². The molecule has 0 unspecified atom stereocenters. The minimum absolute atomic E-state index is 0.0120. The van der Waals surface area contributed by atoms with Crippen molar-refractivity contribution in [3.05, 3.63) is 120 Å². The van der Waals surface area contributed by atoms with Crippen molar-refractivity contribution in [3.8, 4) is 11.5 Å². The zero-order valence-corrected chi connectivity index (χ0v) is 26.2. The van der Waals surface area contributed by atoms with E-state index in [9.17, 15) is 9.59 Å². The smallest absolute Gasteiger partial charge is 0.224 e. The van der Waals surface area contributed by atoms with Crippen molar-refractivity contribution in [3.63, 3.8) is 0 Å². The second-order valence-electron chi connectivity index (χ2n) is 11.3. The van der Waals surface area contributed by atoms with Gasteiger partial charge in [-0.05, 0) is 73.9 Å². The molecule has 0 saturated carbocycles. The molecule has 0 heterocycles. The van der Waals surface area contributed by atoms with Gasteiger partial charge in [0, 0.05) is 36.3 Å². The molecule has 0 atom stereocenters. The summed E-state index contributed by atoms with van der Waals surface area (Å²) in [4.78, 5) is 24.9. The lowest BCUT2D eigenvalue weighted by molar-refractivity contribution is -0.117. The van der Waals surface area contributed by atoms with Gasteiger partial charge in [-0.15, -0.1) is 0 Å². The summed E-state index contributed by atoms with van der Waals surface area (Å²) in [5.74, 6) is 1.55. The Hall–Kier alpha value is -4.58. The van der Waals surface area contributed by atoms with Crippen LogP contribution in [-0.2, 0) is 22.4 Å². The average molecular weight is 607 g/mol. The Morgan fingerprint density at radius 3 is 1.33 bits per heavy atom. The van der Waals surface area contributed by atoms with Crippen LogP contribution in [0.25, 0.3) is 0 Å². The fraction of sp³-hybridized carbons (Fsp3) is 0.333. The fourth-order valence-corrected chi connectivity index (χ4v) is 5.10. The topological polar surface area (TPSA) is 76.7 Å². The van der Waals surface area contributed by atoms with Gasteiger partial charge in [-0.1, -0.05) is 92.1 Å². The summed E-state index contributed by atoms with van der Waals surface area (Å²) in [7, 11) is 0. The number of carbonyl (C=O) groups is 2. The van der Waals surface area contributed by atoms with Crippen LogP contribution < -0.4 is 20.1 Å². The highest BCUT2D eigenvalue weighted by atomic mass is 16.5. The number of unbranched alkanes of at least 4 members (excludes halogenated alkanes) is 4. The van der Waals surface area contributed by atoms with Crippen LogP contribution >= 0.6 is 0 Å². The van der Waals surface area contributed by atoms with E-state index in [1.54, 1.807) is 0 Å². The van der Waals surface area contributed by atoms with Crippen LogP contribution in [0.2, 0.25) is 0 Å². The maximum absolute atomic E-state index is 12.4. The van der Waals surface area contributed by atoms with Gasteiger partial charge in [-0.2, -0.15) is 0 Å². The summed E-state index contributed by atoms with van der Waals surface area (Å²) in [6.45, 7) is 1.26. The third kappa shape index (κ3) is 13.7. The third-order valence-corrected chi connectivity index (χ3v) is 7.49. The zero-order valence-electron chi connectivity index (χ0n) is 26.2. The number of carbonyl (C=O) groups excluding carboxylic acids is 2. The van der Waals surface area contributed by atoms with Crippen molar-refractivity contribution >= 4 is 23.2 Å². The number of benzene rings is 4. The molecule has 4 aromatic rings. The van der Waals surface area contributed by atoms with Gasteiger partial charge in [0.2, 0.25) is 11.8 Å². The van der Waals surface area contributed by atoms with E-state index in [0.717, 1.165) is 80.7 Å². The molecule has 6 nitrogen and oxygen atoms in total. The van der Waals surface area contributed by atoms with Gasteiger partial charge in [0.05, 0.1) is 13.2 Å². The largest absolute Gasteiger partial charge is 0.494 e. The molecule has 236 valence electrons. The van der Waals surface area contributed by atoms with Crippen molar-refractivity contribution in [1.82, 2.24) is 0 Å². The highest BCUT2D eigenvalue weighted by molar-refractivity contribution is 5.91. The number of rotatable bonds is 20. The summed E-state index contributed by atoms with van der Waals surface area (Å²) < 4.78 is 11.8. The molecule has 0 aromatic heterocycles. The summed E-state index contributed by atoms with van der Waals surface area (Å²) in [6.07, 6.45) is 9.36. The second-order valence-corrected chi connectivity index (χ2v) is 11.3. The fourth-order valence-electron chi connectivity index (χ4n) is 5.10. The summed E-state index contributed by atoms with van der Waals surface area (Å²) in [5.41, 5.74) is 4.13. The molecule has 0 aliphatic rings. The van der Waals surface area contributed by atoms with Crippen LogP contribution in [0.4, 0.5) is 11.4 Å². The van der Waals surface area contributed by atoms with Crippen LogP contribution in [-0.4, -0.2) is 25.0 Å². The maximum Gasteiger partial charge on any atom is 0.224 e. The molecule has 0 fully saturated rings. The number of hydrogen-bond donors (Lipinski definition) is 2. The molecule has 0 radical (unpaired) electrons. The monoisotopic (exact) mass is 606 g/mol. The molecule has 0 spiro atoms. The molecular weight excluding hydrogens is 560 g/mol. The highest BCUT2D eigenvalue weighted by Gasteiger charge is 2.06. The maximum atomic E-state index is 12.4. The molecule has 0 bridgehead atoms. The molecule has 0 aliphatic heterocycles. The molecular formula is C39H46N2O4.